The van der Waals surface area contributed by atoms with E-state index in [4.69, 9.17) is 4.89 Å². The number of rotatable bonds is 13. The minimum absolute atomic E-state index is 0.0152. The summed E-state index contributed by atoms with van der Waals surface area (Å²) in [5.41, 5.74) is -0.0152. The van der Waals surface area contributed by atoms with Crippen molar-refractivity contribution in [2.24, 2.45) is 0 Å². The summed E-state index contributed by atoms with van der Waals surface area (Å²) >= 11 is 0. The molecule has 0 aromatic rings. The molecule has 0 aliphatic rings. The fraction of sp³-hybridized carbons (Fsp3) is 1.00. The van der Waals surface area contributed by atoms with Crippen LogP contribution in [-0.4, -0.2) is 10.6 Å². The lowest BCUT2D eigenvalue weighted by atomic mass is 10.0. The van der Waals surface area contributed by atoms with Crippen molar-refractivity contribution in [2.45, 2.75) is 96.6 Å². The highest BCUT2D eigenvalue weighted by Gasteiger charge is 2.21. The van der Waals surface area contributed by atoms with E-state index in [1.54, 1.807) is 0 Å². The normalized spacial score (nSPS) is 13.6. The van der Waals surface area contributed by atoms with Crippen LogP contribution in [0.5, 0.6) is 0 Å². The van der Waals surface area contributed by atoms with Crippen LogP contribution >= 0.6 is 8.03 Å². The smallest absolute Gasteiger partial charge is 0.161 e. The van der Waals surface area contributed by atoms with Crippen LogP contribution in [0.15, 0.2) is 0 Å². The first-order chi connectivity index (χ1) is 8.68. The quantitative estimate of drug-likeness (QED) is 0.340. The predicted molar refractivity (Wildman–Crippen MR) is 80.4 cm³/mol. The standard InChI is InChI=1S/C15H31O2P/c1-3-4-5-6-7-8-9-10-11-12-13-14-15(2)18(16)17/h15H,3-14H2,1-2H3/p+1. The molecule has 0 fully saturated rings. The van der Waals surface area contributed by atoms with Crippen molar-refractivity contribution in [3.05, 3.63) is 0 Å². The molecule has 0 aromatic carbocycles. The first kappa shape index (κ1) is 18.1. The molecule has 2 nitrogen and oxygen atoms in total. The van der Waals surface area contributed by atoms with Crippen LogP contribution in [0, 0.1) is 0 Å². The lowest BCUT2D eigenvalue weighted by Gasteiger charge is -2.02. The maximum atomic E-state index is 10.8. The summed E-state index contributed by atoms with van der Waals surface area (Å²) in [4.78, 5) is 8.89. The molecular weight excluding hydrogens is 243 g/mol. The van der Waals surface area contributed by atoms with Crippen molar-refractivity contribution in [1.82, 2.24) is 0 Å². The molecule has 0 saturated carbocycles. The monoisotopic (exact) mass is 275 g/mol. The number of hydrogen-bond donors (Lipinski definition) is 1. The summed E-state index contributed by atoms with van der Waals surface area (Å²) in [6.07, 6.45) is 15.6. The summed E-state index contributed by atoms with van der Waals surface area (Å²) in [5, 5.41) is 0. The Labute approximate surface area is 114 Å². The van der Waals surface area contributed by atoms with Gasteiger partial charge in [-0.25, -0.2) is 0 Å². The van der Waals surface area contributed by atoms with E-state index in [2.05, 4.69) is 6.92 Å². The molecule has 18 heavy (non-hydrogen) atoms. The van der Waals surface area contributed by atoms with Crippen molar-refractivity contribution in [3.63, 3.8) is 0 Å². The van der Waals surface area contributed by atoms with Crippen LogP contribution in [0.2, 0.25) is 0 Å². The lowest BCUT2D eigenvalue weighted by molar-refractivity contribution is 0.481. The third-order valence-corrected chi connectivity index (χ3v) is 4.61. The molecule has 0 aliphatic heterocycles. The maximum absolute atomic E-state index is 10.8. The summed E-state index contributed by atoms with van der Waals surface area (Å²) < 4.78 is 10.8. The number of unbranched alkanes of at least 4 members (excludes halogenated alkanes) is 10. The minimum atomic E-state index is -1.95. The van der Waals surface area contributed by atoms with E-state index < -0.39 is 8.03 Å². The second-order valence-corrected chi connectivity index (χ2v) is 6.96. The molecule has 3 heteroatoms. The predicted octanol–water partition coefficient (Wildman–Crippen LogP) is 5.81. The van der Waals surface area contributed by atoms with Crippen molar-refractivity contribution in [3.8, 4) is 0 Å². The van der Waals surface area contributed by atoms with Crippen LogP contribution in [-0.2, 0) is 4.57 Å². The average molecular weight is 275 g/mol. The van der Waals surface area contributed by atoms with E-state index in [9.17, 15) is 4.57 Å². The zero-order valence-electron chi connectivity index (χ0n) is 12.4. The minimum Gasteiger partial charge on any atom is -0.161 e. The fourth-order valence-corrected chi connectivity index (χ4v) is 2.62. The van der Waals surface area contributed by atoms with Gasteiger partial charge in [0.2, 0.25) is 0 Å². The second kappa shape index (κ2) is 13.5. The van der Waals surface area contributed by atoms with Crippen LogP contribution in [0.1, 0.15) is 90.9 Å². The van der Waals surface area contributed by atoms with Crippen LogP contribution in [0.25, 0.3) is 0 Å². The maximum Gasteiger partial charge on any atom is 0.508 e. The van der Waals surface area contributed by atoms with Gasteiger partial charge in [0.25, 0.3) is 0 Å². The average Bonchev–Trinajstić information content (AvgIpc) is 2.35. The molecule has 0 amide bonds. The van der Waals surface area contributed by atoms with E-state index in [-0.39, 0.29) is 5.66 Å². The third kappa shape index (κ3) is 12.5. The van der Waals surface area contributed by atoms with Crippen molar-refractivity contribution in [2.75, 3.05) is 0 Å². The molecule has 0 radical (unpaired) electrons. The Hall–Kier alpha value is 0.0600. The zero-order chi connectivity index (χ0) is 13.6. The van der Waals surface area contributed by atoms with Gasteiger partial charge in [0.1, 0.15) is 0 Å². The summed E-state index contributed by atoms with van der Waals surface area (Å²) in [6.45, 7) is 4.13. The van der Waals surface area contributed by atoms with E-state index in [0.717, 1.165) is 12.8 Å². The molecule has 0 heterocycles. The van der Waals surface area contributed by atoms with Crippen LogP contribution in [0.3, 0.4) is 0 Å². The van der Waals surface area contributed by atoms with Crippen LogP contribution in [0.4, 0.5) is 0 Å². The van der Waals surface area contributed by atoms with Gasteiger partial charge in [0.15, 0.2) is 5.66 Å². The van der Waals surface area contributed by atoms with Crippen molar-refractivity contribution >= 4 is 8.03 Å². The molecule has 0 saturated heterocycles. The first-order valence-corrected chi connectivity index (χ1v) is 9.12. The Balaban J connectivity index is 3.05. The van der Waals surface area contributed by atoms with Crippen LogP contribution < -0.4 is 0 Å². The molecule has 0 spiro atoms. The highest BCUT2D eigenvalue weighted by atomic mass is 31.1. The van der Waals surface area contributed by atoms with E-state index in [1.165, 1.54) is 64.2 Å². The van der Waals surface area contributed by atoms with Gasteiger partial charge in [-0.05, 0) is 24.3 Å². The summed E-state index contributed by atoms with van der Waals surface area (Å²) in [7, 11) is -1.95. The fourth-order valence-electron chi connectivity index (χ4n) is 2.21. The van der Waals surface area contributed by atoms with Gasteiger partial charge >= 0.3 is 8.03 Å². The molecule has 2 atom stereocenters. The topological polar surface area (TPSA) is 37.3 Å². The van der Waals surface area contributed by atoms with Gasteiger partial charge < -0.3 is 0 Å². The first-order valence-electron chi connectivity index (χ1n) is 7.83. The molecule has 0 bridgehead atoms. The Bertz CT molecular complexity index is 195. The molecular formula is C15H32O2P+. The third-order valence-electron chi connectivity index (χ3n) is 3.60. The highest BCUT2D eigenvalue weighted by molar-refractivity contribution is 7.38. The van der Waals surface area contributed by atoms with Crippen molar-refractivity contribution in [1.29, 1.82) is 0 Å². The Kier molecular flexibility index (Phi) is 13.5. The Morgan fingerprint density at radius 1 is 0.833 bits per heavy atom. The Morgan fingerprint density at radius 3 is 1.61 bits per heavy atom. The molecule has 108 valence electrons. The van der Waals surface area contributed by atoms with Gasteiger partial charge in [-0.3, -0.25) is 0 Å². The van der Waals surface area contributed by atoms with Crippen molar-refractivity contribution < 1.29 is 9.46 Å². The molecule has 1 N–H and O–H groups in total. The van der Waals surface area contributed by atoms with E-state index in [0.29, 0.717) is 0 Å². The summed E-state index contributed by atoms with van der Waals surface area (Å²) in [6, 6.07) is 0. The van der Waals surface area contributed by atoms with Gasteiger partial charge in [-0.1, -0.05) is 71.1 Å². The van der Waals surface area contributed by atoms with Gasteiger partial charge in [-0.15, -0.1) is 0 Å². The largest absolute Gasteiger partial charge is 0.508 e. The SMILES string of the molecule is CCCCCCCCCCCCCC(C)[P+](=O)O. The molecule has 2 unspecified atom stereocenters. The Morgan fingerprint density at radius 2 is 1.22 bits per heavy atom. The van der Waals surface area contributed by atoms with Gasteiger partial charge in [-0.2, -0.15) is 4.89 Å². The van der Waals surface area contributed by atoms with Gasteiger partial charge in [0.05, 0.1) is 0 Å². The molecule has 0 aromatic heterocycles. The van der Waals surface area contributed by atoms with E-state index >= 15 is 0 Å². The summed E-state index contributed by atoms with van der Waals surface area (Å²) in [5.74, 6) is 0. The highest BCUT2D eigenvalue weighted by Crippen LogP contribution is 2.26. The number of hydrogen-bond acceptors (Lipinski definition) is 1. The second-order valence-electron chi connectivity index (χ2n) is 5.48. The lowest BCUT2D eigenvalue weighted by Crippen LogP contribution is -1.94. The molecule has 0 aliphatic carbocycles. The van der Waals surface area contributed by atoms with Gasteiger partial charge in [0, 0.05) is 0 Å². The zero-order valence-corrected chi connectivity index (χ0v) is 13.3. The molecule has 0 rings (SSSR count). The van der Waals surface area contributed by atoms with E-state index in [1.807, 2.05) is 6.92 Å².